The van der Waals surface area contributed by atoms with Gasteiger partial charge in [0.05, 0.1) is 6.54 Å². The molecule has 0 saturated carbocycles. The van der Waals surface area contributed by atoms with Gasteiger partial charge in [-0.05, 0) is 43.5 Å². The van der Waals surface area contributed by atoms with Gasteiger partial charge in [-0.25, -0.2) is 0 Å². The SMILES string of the molecule is Cc1ccc(CN2CCC3(CC2)NC(=O)C[C@@H]3c2cccnc2)o1. The summed E-state index contributed by atoms with van der Waals surface area (Å²) in [6.45, 7) is 4.75. The van der Waals surface area contributed by atoms with Crippen LogP contribution in [0.25, 0.3) is 0 Å². The fourth-order valence-electron chi connectivity index (χ4n) is 4.19. The van der Waals surface area contributed by atoms with Crippen LogP contribution in [0.4, 0.5) is 0 Å². The summed E-state index contributed by atoms with van der Waals surface area (Å²) in [6, 6.07) is 8.11. The molecule has 5 nitrogen and oxygen atoms in total. The van der Waals surface area contributed by atoms with Gasteiger partial charge in [0, 0.05) is 43.4 Å². The van der Waals surface area contributed by atoms with Gasteiger partial charge in [0.1, 0.15) is 11.5 Å². The highest BCUT2D eigenvalue weighted by molar-refractivity contribution is 5.81. The molecule has 1 N–H and O–H groups in total. The van der Waals surface area contributed by atoms with Crippen molar-refractivity contribution in [2.45, 2.75) is 44.2 Å². The summed E-state index contributed by atoms with van der Waals surface area (Å²) in [5.41, 5.74) is 1.06. The molecule has 0 unspecified atom stereocenters. The summed E-state index contributed by atoms with van der Waals surface area (Å²) in [4.78, 5) is 18.8. The van der Waals surface area contributed by atoms with Crippen LogP contribution in [-0.2, 0) is 11.3 Å². The van der Waals surface area contributed by atoms with E-state index in [0.717, 1.165) is 44.0 Å². The summed E-state index contributed by atoms with van der Waals surface area (Å²) < 4.78 is 5.69. The molecule has 126 valence electrons. The van der Waals surface area contributed by atoms with E-state index >= 15 is 0 Å². The number of pyridine rings is 1. The zero-order valence-electron chi connectivity index (χ0n) is 14.0. The van der Waals surface area contributed by atoms with Crippen LogP contribution >= 0.6 is 0 Å². The van der Waals surface area contributed by atoms with Gasteiger partial charge in [0.25, 0.3) is 0 Å². The summed E-state index contributed by atoms with van der Waals surface area (Å²) in [5.74, 6) is 2.37. The zero-order chi connectivity index (χ0) is 16.6. The number of carbonyl (C=O) groups is 1. The lowest BCUT2D eigenvalue weighted by molar-refractivity contribution is -0.120. The highest BCUT2D eigenvalue weighted by Crippen LogP contribution is 2.43. The third kappa shape index (κ3) is 2.84. The number of nitrogens with one attached hydrogen (secondary N) is 1. The predicted octanol–water partition coefficient (Wildman–Crippen LogP) is 2.62. The highest BCUT2D eigenvalue weighted by Gasteiger charge is 2.48. The van der Waals surface area contributed by atoms with Gasteiger partial charge in [0.15, 0.2) is 0 Å². The van der Waals surface area contributed by atoms with Crippen molar-refractivity contribution in [2.75, 3.05) is 13.1 Å². The first-order chi connectivity index (χ1) is 11.6. The van der Waals surface area contributed by atoms with Crippen LogP contribution in [-0.4, -0.2) is 34.4 Å². The Hall–Kier alpha value is -2.14. The zero-order valence-corrected chi connectivity index (χ0v) is 14.0. The molecule has 2 fully saturated rings. The van der Waals surface area contributed by atoms with Crippen molar-refractivity contribution in [3.63, 3.8) is 0 Å². The van der Waals surface area contributed by atoms with Gasteiger partial charge in [-0.3, -0.25) is 14.7 Å². The Morgan fingerprint density at radius 2 is 2.17 bits per heavy atom. The summed E-state index contributed by atoms with van der Waals surface area (Å²) in [6.07, 6.45) is 6.21. The minimum Gasteiger partial charge on any atom is -0.465 e. The summed E-state index contributed by atoms with van der Waals surface area (Å²) in [5, 5.41) is 3.29. The third-order valence-corrected chi connectivity index (χ3v) is 5.46. The van der Waals surface area contributed by atoms with E-state index in [1.165, 1.54) is 5.56 Å². The van der Waals surface area contributed by atoms with E-state index in [2.05, 4.69) is 27.3 Å². The molecule has 1 atom stereocenters. The molecule has 1 spiro atoms. The van der Waals surface area contributed by atoms with Gasteiger partial charge < -0.3 is 9.73 Å². The van der Waals surface area contributed by atoms with Crippen LogP contribution in [0.1, 0.15) is 42.3 Å². The van der Waals surface area contributed by atoms with Crippen molar-refractivity contribution < 1.29 is 9.21 Å². The average molecular weight is 325 g/mol. The number of piperidine rings is 1. The monoisotopic (exact) mass is 325 g/mol. The molecule has 24 heavy (non-hydrogen) atoms. The second-order valence-electron chi connectivity index (χ2n) is 7.04. The maximum absolute atomic E-state index is 12.1. The molecule has 2 aromatic heterocycles. The van der Waals surface area contributed by atoms with Crippen LogP contribution in [0.2, 0.25) is 0 Å². The lowest BCUT2D eigenvalue weighted by Gasteiger charge is -2.42. The molecular weight excluding hydrogens is 302 g/mol. The minimum absolute atomic E-state index is 0.115. The number of nitrogens with zero attached hydrogens (tertiary/aromatic N) is 2. The second kappa shape index (κ2) is 6.06. The van der Waals surface area contributed by atoms with Crippen molar-refractivity contribution in [1.29, 1.82) is 0 Å². The molecule has 5 heteroatoms. The number of furan rings is 1. The highest BCUT2D eigenvalue weighted by atomic mass is 16.3. The van der Waals surface area contributed by atoms with E-state index in [9.17, 15) is 4.79 Å². The molecule has 0 bridgehead atoms. The molecule has 0 radical (unpaired) electrons. The largest absolute Gasteiger partial charge is 0.465 e. The predicted molar refractivity (Wildman–Crippen MR) is 90.4 cm³/mol. The van der Waals surface area contributed by atoms with Crippen molar-refractivity contribution in [2.24, 2.45) is 0 Å². The molecule has 0 aromatic carbocycles. The fourth-order valence-corrected chi connectivity index (χ4v) is 4.19. The Morgan fingerprint density at radius 1 is 1.33 bits per heavy atom. The average Bonchev–Trinajstić information content (AvgIpc) is 3.14. The lowest BCUT2D eigenvalue weighted by atomic mass is 9.75. The van der Waals surface area contributed by atoms with E-state index in [0.29, 0.717) is 6.42 Å². The first-order valence-electron chi connectivity index (χ1n) is 8.63. The maximum Gasteiger partial charge on any atom is 0.221 e. The maximum atomic E-state index is 12.1. The summed E-state index contributed by atoms with van der Waals surface area (Å²) >= 11 is 0. The number of carbonyl (C=O) groups excluding carboxylic acids is 1. The van der Waals surface area contributed by atoms with Gasteiger partial charge in [-0.2, -0.15) is 0 Å². The van der Waals surface area contributed by atoms with E-state index in [1.54, 1.807) is 6.20 Å². The van der Waals surface area contributed by atoms with Crippen molar-refractivity contribution in [1.82, 2.24) is 15.2 Å². The van der Waals surface area contributed by atoms with Crippen molar-refractivity contribution in [3.8, 4) is 0 Å². The van der Waals surface area contributed by atoms with E-state index in [4.69, 9.17) is 4.42 Å². The van der Waals surface area contributed by atoms with Crippen LogP contribution in [0.3, 0.4) is 0 Å². The molecule has 4 heterocycles. The Bertz CT molecular complexity index is 717. The van der Waals surface area contributed by atoms with E-state index in [-0.39, 0.29) is 17.4 Å². The number of hydrogen-bond donors (Lipinski definition) is 1. The van der Waals surface area contributed by atoms with E-state index in [1.807, 2.05) is 25.3 Å². The molecule has 2 aliphatic heterocycles. The van der Waals surface area contributed by atoms with Gasteiger partial charge in [0.2, 0.25) is 5.91 Å². The lowest BCUT2D eigenvalue weighted by Crippen LogP contribution is -2.53. The van der Waals surface area contributed by atoms with Crippen LogP contribution in [0, 0.1) is 6.92 Å². The van der Waals surface area contributed by atoms with Crippen LogP contribution in [0.15, 0.2) is 41.1 Å². The Balaban J connectivity index is 1.47. The van der Waals surface area contributed by atoms with Crippen molar-refractivity contribution >= 4 is 5.91 Å². The topological polar surface area (TPSA) is 58.4 Å². The van der Waals surface area contributed by atoms with Crippen LogP contribution < -0.4 is 5.32 Å². The molecule has 4 rings (SSSR count). The van der Waals surface area contributed by atoms with Gasteiger partial charge in [-0.15, -0.1) is 0 Å². The second-order valence-corrected chi connectivity index (χ2v) is 7.04. The number of hydrogen-bond acceptors (Lipinski definition) is 4. The molecule has 2 aromatic rings. The fraction of sp³-hybridized carbons (Fsp3) is 0.474. The standard InChI is InChI=1S/C19H23N3O2/c1-14-4-5-16(24-14)13-22-9-6-19(7-10-22)17(11-18(23)21-19)15-3-2-8-20-12-15/h2-5,8,12,17H,6-7,9-11,13H2,1H3,(H,21,23)/t17-/m1/s1. The Morgan fingerprint density at radius 3 is 2.83 bits per heavy atom. The number of aromatic nitrogens is 1. The van der Waals surface area contributed by atoms with Gasteiger partial charge >= 0.3 is 0 Å². The van der Waals surface area contributed by atoms with E-state index < -0.39 is 0 Å². The molecular formula is C19H23N3O2. The summed E-state index contributed by atoms with van der Waals surface area (Å²) in [7, 11) is 0. The Labute approximate surface area is 142 Å². The first kappa shape index (κ1) is 15.4. The van der Waals surface area contributed by atoms with Crippen molar-refractivity contribution in [3.05, 3.63) is 53.7 Å². The Kier molecular flexibility index (Phi) is 3.88. The number of aryl methyl sites for hydroxylation is 1. The molecule has 0 aliphatic carbocycles. The third-order valence-electron chi connectivity index (χ3n) is 5.46. The molecule has 2 saturated heterocycles. The molecule has 2 aliphatic rings. The number of amides is 1. The first-order valence-corrected chi connectivity index (χ1v) is 8.63. The quantitative estimate of drug-likeness (QED) is 0.942. The normalized spacial score (nSPS) is 23.5. The van der Waals surface area contributed by atoms with Crippen LogP contribution in [0.5, 0.6) is 0 Å². The van der Waals surface area contributed by atoms with Gasteiger partial charge in [-0.1, -0.05) is 6.07 Å². The smallest absolute Gasteiger partial charge is 0.221 e. The molecule has 1 amide bonds. The minimum atomic E-state index is -0.115. The number of likely N-dealkylation sites (tertiary alicyclic amines) is 1. The number of rotatable bonds is 3.